The number of hydrogen-bond donors (Lipinski definition) is 1. The molecule has 1 N–H and O–H groups in total. The van der Waals surface area contributed by atoms with Crippen LogP contribution in [0.2, 0.25) is 0 Å². The van der Waals surface area contributed by atoms with Gasteiger partial charge in [-0.05, 0) is 24.3 Å². The van der Waals surface area contributed by atoms with Gasteiger partial charge in [-0.15, -0.1) is 4.08 Å². The second-order valence-corrected chi connectivity index (χ2v) is 9.09. The molecule has 0 aliphatic heterocycles. The van der Waals surface area contributed by atoms with Crippen LogP contribution in [0.1, 0.15) is 0 Å². The Balaban J connectivity index is 2.16. The largest absolute Gasteiger partial charge is 0.424 e. The van der Waals surface area contributed by atoms with Crippen LogP contribution >= 0.6 is 18.8 Å². The van der Waals surface area contributed by atoms with Gasteiger partial charge in [-0.25, -0.2) is 4.72 Å². The maximum absolute atomic E-state index is 12.3. The fourth-order valence-electron chi connectivity index (χ4n) is 1.60. The number of para-hydroxylation sites is 2. The molecule has 0 atom stereocenters. The van der Waals surface area contributed by atoms with Crippen molar-refractivity contribution >= 4 is 36.6 Å². The van der Waals surface area contributed by atoms with E-state index in [9.17, 15) is 9.18 Å². The molecule has 0 saturated heterocycles. The third kappa shape index (κ3) is 5.89. The van der Waals surface area contributed by atoms with E-state index in [1.54, 1.807) is 35.4 Å². The number of nitrogens with zero attached hydrogens (tertiary/aromatic N) is 1. The van der Waals surface area contributed by atoms with E-state index in [2.05, 4.69) is 4.72 Å². The normalized spacial score (nSPS) is 11.3. The predicted molar refractivity (Wildman–Crippen MR) is 97.9 cm³/mol. The van der Waals surface area contributed by atoms with Crippen LogP contribution in [0.4, 0.5) is 4.39 Å². The number of halogens is 1. The molecule has 2 aromatic rings. The van der Waals surface area contributed by atoms with Crippen molar-refractivity contribution in [1.82, 2.24) is 8.80 Å². The van der Waals surface area contributed by atoms with Crippen molar-refractivity contribution in [1.29, 1.82) is 0 Å². The molecule has 24 heavy (non-hydrogen) atoms. The van der Waals surface area contributed by atoms with Crippen LogP contribution in [0.3, 0.4) is 0 Å². The quantitative estimate of drug-likeness (QED) is 0.398. The summed E-state index contributed by atoms with van der Waals surface area (Å²) in [5.74, 6) is 1.12. The molecule has 0 saturated carbocycles. The molecule has 9 heteroatoms. The number of rotatable bonds is 9. The van der Waals surface area contributed by atoms with Crippen molar-refractivity contribution in [2.45, 2.75) is 0 Å². The average Bonchev–Trinajstić information content (AvgIpc) is 2.56. The maximum Gasteiger partial charge on any atom is 0.378 e. The van der Waals surface area contributed by atoms with Crippen molar-refractivity contribution in [3.8, 4) is 11.5 Å². The van der Waals surface area contributed by atoms with E-state index >= 15 is 0 Å². The van der Waals surface area contributed by atoms with Crippen molar-refractivity contribution < 1.29 is 18.2 Å². The molecule has 0 aliphatic rings. The second kappa shape index (κ2) is 9.15. The minimum absolute atomic E-state index is 0.430. The summed E-state index contributed by atoms with van der Waals surface area (Å²) < 4.78 is 28.3. The number of hydrogen-bond acceptors (Lipinski definition) is 6. The van der Waals surface area contributed by atoms with Gasteiger partial charge in [-0.1, -0.05) is 36.4 Å². The van der Waals surface area contributed by atoms with E-state index < -0.39 is 19.2 Å². The summed E-state index contributed by atoms with van der Waals surface area (Å²) in [6.07, 6.45) is 0. The average molecular weight is 386 g/mol. The van der Waals surface area contributed by atoms with Gasteiger partial charge in [0.05, 0.1) is 6.54 Å². The Morgan fingerprint density at radius 2 is 1.58 bits per heavy atom. The molecule has 5 nitrogen and oxygen atoms in total. The molecule has 0 amide bonds. The molecule has 0 fully saturated rings. The first-order valence-electron chi connectivity index (χ1n) is 6.91. The molecule has 0 radical (unpaired) electrons. The zero-order chi connectivity index (χ0) is 17.4. The van der Waals surface area contributed by atoms with Crippen LogP contribution in [0, 0.1) is 0 Å². The van der Waals surface area contributed by atoms with E-state index in [1.807, 2.05) is 36.4 Å². The summed E-state index contributed by atoms with van der Waals surface area (Å²) in [4.78, 5) is 10.4. The number of benzene rings is 2. The summed E-state index contributed by atoms with van der Waals surface area (Å²) in [6, 6.07) is 16.6. The van der Waals surface area contributed by atoms with Gasteiger partial charge in [0.1, 0.15) is 11.5 Å². The van der Waals surface area contributed by atoms with Crippen LogP contribution < -0.4 is 13.8 Å². The highest BCUT2D eigenvalue weighted by atomic mass is 32.5. The highest BCUT2D eigenvalue weighted by Crippen LogP contribution is 2.53. The minimum atomic E-state index is -2.98. The Labute approximate surface area is 149 Å². The molecule has 0 heterocycles. The first-order valence-corrected chi connectivity index (χ1v) is 10.3. The molecule has 0 spiro atoms. The second-order valence-electron chi connectivity index (χ2n) is 4.51. The molecule has 0 bridgehead atoms. The standard InChI is InChI=1S/C15H16FN2O3PS2/c1-18(24-17-12-15(16)19)22(23,20-13-8-4-2-5-9-13)21-14-10-6-3-7-11-14/h2-11,17H,12H2,1H3. The zero-order valence-electron chi connectivity index (χ0n) is 12.8. The van der Waals surface area contributed by atoms with E-state index in [1.165, 1.54) is 0 Å². The van der Waals surface area contributed by atoms with Crippen LogP contribution in [0.25, 0.3) is 0 Å². The van der Waals surface area contributed by atoms with Crippen LogP contribution in [0.5, 0.6) is 11.5 Å². The van der Waals surface area contributed by atoms with Crippen LogP contribution in [-0.4, -0.2) is 23.7 Å². The smallest absolute Gasteiger partial charge is 0.378 e. The number of carbonyl (C=O) groups is 1. The zero-order valence-corrected chi connectivity index (χ0v) is 15.3. The molecule has 128 valence electrons. The lowest BCUT2D eigenvalue weighted by Crippen LogP contribution is -2.22. The van der Waals surface area contributed by atoms with Gasteiger partial charge in [-0.2, -0.15) is 4.39 Å². The Kier molecular flexibility index (Phi) is 7.20. The number of nitrogens with one attached hydrogen (secondary N) is 1. The molecular weight excluding hydrogens is 370 g/mol. The van der Waals surface area contributed by atoms with Crippen molar-refractivity contribution in [3.63, 3.8) is 0 Å². The molecule has 0 aliphatic carbocycles. The Morgan fingerprint density at radius 1 is 1.12 bits per heavy atom. The minimum Gasteiger partial charge on any atom is -0.424 e. The van der Waals surface area contributed by atoms with Gasteiger partial charge in [0.25, 0.3) is 0 Å². The molecule has 0 aromatic heterocycles. The Hall–Kier alpha value is -1.44. The van der Waals surface area contributed by atoms with Gasteiger partial charge >= 0.3 is 12.7 Å². The first kappa shape index (κ1) is 18.9. The Bertz CT molecular complexity index is 661. The fraction of sp³-hybridized carbons (Fsp3) is 0.133. The first-order chi connectivity index (χ1) is 11.5. The highest BCUT2D eigenvalue weighted by molar-refractivity contribution is 8.15. The van der Waals surface area contributed by atoms with E-state index in [-0.39, 0.29) is 0 Å². The summed E-state index contributed by atoms with van der Waals surface area (Å²) >= 11 is 6.59. The van der Waals surface area contributed by atoms with E-state index in [0.717, 1.165) is 12.1 Å². The maximum atomic E-state index is 12.3. The monoisotopic (exact) mass is 386 g/mol. The van der Waals surface area contributed by atoms with E-state index in [4.69, 9.17) is 20.9 Å². The van der Waals surface area contributed by atoms with Crippen molar-refractivity contribution in [2.24, 2.45) is 0 Å². The summed E-state index contributed by atoms with van der Waals surface area (Å²) in [5.41, 5.74) is 0. The summed E-state index contributed by atoms with van der Waals surface area (Å²) in [5, 5.41) is 0. The van der Waals surface area contributed by atoms with Crippen molar-refractivity contribution in [2.75, 3.05) is 13.6 Å². The molecule has 0 unspecified atom stereocenters. The lowest BCUT2D eigenvalue weighted by atomic mass is 10.3. The topological polar surface area (TPSA) is 50.8 Å². The molecular formula is C15H16FN2O3PS2. The molecule has 2 rings (SSSR count). The fourth-order valence-corrected chi connectivity index (χ4v) is 4.59. The summed E-state index contributed by atoms with van der Waals surface area (Å²) in [6.45, 7) is -3.41. The Morgan fingerprint density at radius 3 is 2.00 bits per heavy atom. The van der Waals surface area contributed by atoms with Gasteiger partial charge in [0.15, 0.2) is 0 Å². The van der Waals surface area contributed by atoms with Crippen LogP contribution in [-0.2, 0) is 16.6 Å². The number of carbonyl (C=O) groups excluding carboxylic acids is 1. The predicted octanol–water partition coefficient (Wildman–Crippen LogP) is 3.95. The van der Waals surface area contributed by atoms with Crippen LogP contribution in [0.15, 0.2) is 60.7 Å². The highest BCUT2D eigenvalue weighted by Gasteiger charge is 2.30. The van der Waals surface area contributed by atoms with Gasteiger partial charge in [-0.3, -0.25) is 4.79 Å². The van der Waals surface area contributed by atoms with Gasteiger partial charge < -0.3 is 9.05 Å². The van der Waals surface area contributed by atoms with Gasteiger partial charge in [0.2, 0.25) is 0 Å². The third-order valence-corrected chi connectivity index (χ3v) is 7.17. The SMILES string of the molecule is CN(SNCC(=O)F)P(=S)(Oc1ccccc1)Oc1ccccc1. The molecule has 2 aromatic carbocycles. The van der Waals surface area contributed by atoms with Gasteiger partial charge in [0, 0.05) is 31.0 Å². The lowest BCUT2D eigenvalue weighted by Gasteiger charge is -2.29. The van der Waals surface area contributed by atoms with E-state index in [0.29, 0.717) is 11.5 Å². The summed E-state index contributed by atoms with van der Waals surface area (Å²) in [7, 11) is 1.66. The van der Waals surface area contributed by atoms with Crippen molar-refractivity contribution in [3.05, 3.63) is 60.7 Å². The lowest BCUT2D eigenvalue weighted by molar-refractivity contribution is -0.127. The third-order valence-electron chi connectivity index (χ3n) is 2.68.